The molecular weight excluding hydrogens is 244 g/mol. The Hall–Kier alpha value is -1.40. The first kappa shape index (κ1) is 14.0. The average molecular weight is 266 g/mol. The van der Waals surface area contributed by atoms with Crippen molar-refractivity contribution in [2.24, 2.45) is 7.05 Å². The molecule has 0 radical (unpaired) electrons. The third kappa shape index (κ3) is 2.96. The molecule has 6 heteroatoms. The summed E-state index contributed by atoms with van der Waals surface area (Å²) < 4.78 is 6.84. The van der Waals surface area contributed by atoms with E-state index in [1.54, 1.807) is 10.9 Å². The van der Waals surface area contributed by atoms with E-state index in [2.05, 4.69) is 22.2 Å². The SMILES string of the molecule is CCOC(=O)c1cnn(C)c1CN(CC)C1CNC1. The number of aromatic nitrogens is 2. The maximum absolute atomic E-state index is 11.9. The van der Waals surface area contributed by atoms with Gasteiger partial charge in [-0.3, -0.25) is 9.58 Å². The van der Waals surface area contributed by atoms with Gasteiger partial charge in [-0.25, -0.2) is 4.79 Å². The van der Waals surface area contributed by atoms with Gasteiger partial charge in [0.1, 0.15) is 5.56 Å². The van der Waals surface area contributed by atoms with E-state index in [9.17, 15) is 4.79 Å². The molecule has 0 spiro atoms. The summed E-state index contributed by atoms with van der Waals surface area (Å²) in [6, 6.07) is 0.551. The molecule has 1 aliphatic heterocycles. The van der Waals surface area contributed by atoms with Gasteiger partial charge in [-0.05, 0) is 13.5 Å². The Morgan fingerprint density at radius 2 is 2.32 bits per heavy atom. The molecule has 2 rings (SSSR count). The Kier molecular flexibility index (Phi) is 4.55. The molecule has 0 amide bonds. The van der Waals surface area contributed by atoms with E-state index in [-0.39, 0.29) is 5.97 Å². The molecule has 0 atom stereocenters. The van der Waals surface area contributed by atoms with Crippen LogP contribution in [-0.4, -0.2) is 52.9 Å². The lowest BCUT2D eigenvalue weighted by Crippen LogP contribution is -2.56. The number of aryl methyl sites for hydroxylation is 1. The number of nitrogens with one attached hydrogen (secondary N) is 1. The number of rotatable bonds is 6. The van der Waals surface area contributed by atoms with Crippen molar-refractivity contribution in [2.75, 3.05) is 26.2 Å². The van der Waals surface area contributed by atoms with Gasteiger partial charge in [0.15, 0.2) is 0 Å². The summed E-state index contributed by atoms with van der Waals surface area (Å²) >= 11 is 0. The second kappa shape index (κ2) is 6.16. The van der Waals surface area contributed by atoms with Crippen molar-refractivity contribution in [1.82, 2.24) is 20.0 Å². The first-order valence-electron chi connectivity index (χ1n) is 6.80. The van der Waals surface area contributed by atoms with E-state index in [4.69, 9.17) is 4.74 Å². The molecule has 1 fully saturated rings. The molecule has 1 N–H and O–H groups in total. The normalized spacial score (nSPS) is 15.6. The third-order valence-corrected chi connectivity index (χ3v) is 3.59. The van der Waals surface area contributed by atoms with E-state index < -0.39 is 0 Å². The first-order valence-corrected chi connectivity index (χ1v) is 6.80. The maximum atomic E-state index is 11.9. The summed E-state index contributed by atoms with van der Waals surface area (Å²) in [4.78, 5) is 14.3. The van der Waals surface area contributed by atoms with Crippen LogP contribution >= 0.6 is 0 Å². The van der Waals surface area contributed by atoms with Crippen LogP contribution in [0.3, 0.4) is 0 Å². The van der Waals surface area contributed by atoms with E-state index in [0.717, 1.165) is 31.9 Å². The predicted molar refractivity (Wildman–Crippen MR) is 71.9 cm³/mol. The van der Waals surface area contributed by atoms with Gasteiger partial charge >= 0.3 is 5.97 Å². The molecule has 106 valence electrons. The van der Waals surface area contributed by atoms with Gasteiger partial charge in [0.05, 0.1) is 18.5 Å². The van der Waals surface area contributed by atoms with E-state index in [0.29, 0.717) is 18.2 Å². The highest BCUT2D eigenvalue weighted by Crippen LogP contribution is 2.15. The van der Waals surface area contributed by atoms with Gasteiger partial charge < -0.3 is 10.1 Å². The molecule has 0 aromatic carbocycles. The van der Waals surface area contributed by atoms with Crippen LogP contribution in [0.2, 0.25) is 0 Å². The minimum absolute atomic E-state index is 0.284. The molecule has 0 saturated carbocycles. The smallest absolute Gasteiger partial charge is 0.341 e. The fraction of sp³-hybridized carbons (Fsp3) is 0.692. The largest absolute Gasteiger partial charge is 0.462 e. The molecular formula is C13H22N4O2. The fourth-order valence-electron chi connectivity index (χ4n) is 2.25. The third-order valence-electron chi connectivity index (χ3n) is 3.59. The Balaban J connectivity index is 2.13. The quantitative estimate of drug-likeness (QED) is 0.755. The standard InChI is InChI=1S/C13H22N4O2/c1-4-17(10-6-14-7-10)9-12-11(8-15-16(12)3)13(18)19-5-2/h8,10,14H,4-7,9H2,1-3H3. The molecule has 1 aromatic rings. The van der Waals surface area contributed by atoms with Gasteiger partial charge in [-0.1, -0.05) is 6.92 Å². The summed E-state index contributed by atoms with van der Waals surface area (Å²) in [5.41, 5.74) is 1.50. The molecule has 1 aromatic heterocycles. The lowest BCUT2D eigenvalue weighted by atomic mass is 10.1. The number of likely N-dealkylation sites (N-methyl/N-ethyl adjacent to an activating group) is 1. The van der Waals surface area contributed by atoms with Crippen molar-refractivity contribution in [3.8, 4) is 0 Å². The lowest BCUT2D eigenvalue weighted by molar-refractivity contribution is 0.0522. The Morgan fingerprint density at radius 1 is 1.58 bits per heavy atom. The minimum atomic E-state index is -0.284. The first-order chi connectivity index (χ1) is 9.17. The predicted octanol–water partition coefficient (Wildman–Crippen LogP) is 0.391. The highest BCUT2D eigenvalue weighted by molar-refractivity contribution is 5.90. The summed E-state index contributed by atoms with van der Waals surface area (Å²) in [7, 11) is 1.87. The van der Waals surface area contributed by atoms with Crippen molar-refractivity contribution in [3.05, 3.63) is 17.5 Å². The molecule has 0 unspecified atom stereocenters. The number of hydrogen-bond donors (Lipinski definition) is 1. The van der Waals surface area contributed by atoms with Crippen molar-refractivity contribution in [2.45, 2.75) is 26.4 Å². The van der Waals surface area contributed by atoms with Crippen LogP contribution in [0, 0.1) is 0 Å². The van der Waals surface area contributed by atoms with Crippen LogP contribution in [-0.2, 0) is 18.3 Å². The monoisotopic (exact) mass is 266 g/mol. The summed E-state index contributed by atoms with van der Waals surface area (Å²) in [5.74, 6) is -0.284. The minimum Gasteiger partial charge on any atom is -0.462 e. The highest BCUT2D eigenvalue weighted by atomic mass is 16.5. The van der Waals surface area contributed by atoms with Crippen LogP contribution < -0.4 is 5.32 Å². The zero-order valence-corrected chi connectivity index (χ0v) is 11.8. The van der Waals surface area contributed by atoms with Crippen LogP contribution in [0.25, 0.3) is 0 Å². The fourth-order valence-corrected chi connectivity index (χ4v) is 2.25. The van der Waals surface area contributed by atoms with Gasteiger partial charge in [0.25, 0.3) is 0 Å². The van der Waals surface area contributed by atoms with Crippen molar-refractivity contribution in [3.63, 3.8) is 0 Å². The van der Waals surface area contributed by atoms with Crippen molar-refractivity contribution in [1.29, 1.82) is 0 Å². The molecule has 0 aliphatic carbocycles. The molecule has 0 bridgehead atoms. The molecule has 1 aliphatic rings. The summed E-state index contributed by atoms with van der Waals surface area (Å²) in [6.45, 7) is 8.05. The Labute approximate surface area is 113 Å². The maximum Gasteiger partial charge on any atom is 0.341 e. The molecule has 6 nitrogen and oxygen atoms in total. The van der Waals surface area contributed by atoms with Gasteiger partial charge in [0, 0.05) is 32.7 Å². The Morgan fingerprint density at radius 3 is 2.84 bits per heavy atom. The van der Waals surface area contributed by atoms with Crippen molar-refractivity contribution < 1.29 is 9.53 Å². The van der Waals surface area contributed by atoms with Crippen LogP contribution in [0.15, 0.2) is 6.20 Å². The number of nitrogens with zero attached hydrogens (tertiary/aromatic N) is 3. The number of carbonyl (C=O) groups is 1. The Bertz CT molecular complexity index is 440. The van der Waals surface area contributed by atoms with Gasteiger partial charge in [-0.2, -0.15) is 5.10 Å². The van der Waals surface area contributed by atoms with Crippen LogP contribution in [0.5, 0.6) is 0 Å². The van der Waals surface area contributed by atoms with Crippen LogP contribution in [0.1, 0.15) is 29.9 Å². The zero-order chi connectivity index (χ0) is 13.8. The average Bonchev–Trinajstić information content (AvgIpc) is 2.68. The van der Waals surface area contributed by atoms with Gasteiger partial charge in [0.2, 0.25) is 0 Å². The number of hydrogen-bond acceptors (Lipinski definition) is 5. The summed E-state index contributed by atoms with van der Waals surface area (Å²) in [5, 5.41) is 7.46. The van der Waals surface area contributed by atoms with E-state index in [1.165, 1.54) is 0 Å². The van der Waals surface area contributed by atoms with Crippen molar-refractivity contribution >= 4 is 5.97 Å². The number of esters is 1. The zero-order valence-electron chi connectivity index (χ0n) is 11.8. The molecule has 1 saturated heterocycles. The lowest BCUT2D eigenvalue weighted by Gasteiger charge is -2.37. The molecule has 19 heavy (non-hydrogen) atoms. The van der Waals surface area contributed by atoms with Gasteiger partial charge in [-0.15, -0.1) is 0 Å². The second-order valence-electron chi connectivity index (χ2n) is 4.72. The second-order valence-corrected chi connectivity index (χ2v) is 4.72. The number of carbonyl (C=O) groups excluding carboxylic acids is 1. The highest BCUT2D eigenvalue weighted by Gasteiger charge is 2.26. The van der Waals surface area contributed by atoms with E-state index in [1.807, 2.05) is 14.0 Å². The van der Waals surface area contributed by atoms with Crippen LogP contribution in [0.4, 0.5) is 0 Å². The van der Waals surface area contributed by atoms with E-state index >= 15 is 0 Å². The summed E-state index contributed by atoms with van der Waals surface area (Å²) in [6.07, 6.45) is 1.60. The number of ether oxygens (including phenoxy) is 1. The molecule has 2 heterocycles. The topological polar surface area (TPSA) is 59.4 Å².